The van der Waals surface area contributed by atoms with Crippen LogP contribution in [0.2, 0.25) is 0 Å². The van der Waals surface area contributed by atoms with Gasteiger partial charge >= 0.3 is 0 Å². The summed E-state index contributed by atoms with van der Waals surface area (Å²) in [6.07, 6.45) is 1.06. The number of ether oxygens (including phenoxy) is 1. The Balaban J connectivity index is 1.55. The number of amides is 1. The first kappa shape index (κ1) is 14.0. The molecule has 0 radical (unpaired) electrons. The van der Waals surface area contributed by atoms with E-state index in [2.05, 4.69) is 16.3 Å². The fraction of sp³-hybridized carbons (Fsp3) is 0.643. The highest BCUT2D eigenvalue weighted by Gasteiger charge is 2.25. The molecule has 5 nitrogen and oxygen atoms in total. The Hall–Kier alpha value is -0.950. The normalized spacial score (nSPS) is 23.6. The van der Waals surface area contributed by atoms with E-state index in [4.69, 9.17) is 10.5 Å². The first-order valence-corrected chi connectivity index (χ1v) is 8.01. The number of carbonyl (C=O) groups excluding carboxylic acids is 1. The Bertz CT molecular complexity index is 477. The van der Waals surface area contributed by atoms with E-state index in [-0.39, 0.29) is 12.0 Å². The molecule has 2 aliphatic rings. The van der Waals surface area contributed by atoms with Crippen molar-refractivity contribution in [2.24, 2.45) is 5.73 Å². The molecule has 1 fully saturated rings. The minimum absolute atomic E-state index is 0.0707. The Morgan fingerprint density at radius 1 is 1.50 bits per heavy atom. The number of nitrogens with two attached hydrogens (primary N) is 1. The van der Waals surface area contributed by atoms with E-state index < -0.39 is 0 Å². The maximum absolute atomic E-state index is 12.4. The van der Waals surface area contributed by atoms with Crippen LogP contribution in [0.4, 0.5) is 0 Å². The molecular weight excluding hydrogens is 274 g/mol. The number of rotatable bonds is 3. The summed E-state index contributed by atoms with van der Waals surface area (Å²) in [5, 5.41) is 2.12. The largest absolute Gasteiger partial charge is 0.374 e. The molecule has 0 bridgehead atoms. The van der Waals surface area contributed by atoms with Crippen LogP contribution in [0.1, 0.15) is 10.4 Å². The zero-order valence-electron chi connectivity index (χ0n) is 11.6. The van der Waals surface area contributed by atoms with Gasteiger partial charge in [-0.05, 0) is 23.4 Å². The molecule has 1 atom stereocenters. The third-order valence-corrected chi connectivity index (χ3v) is 5.03. The molecule has 2 N–H and O–H groups in total. The topological polar surface area (TPSA) is 58.8 Å². The molecule has 20 heavy (non-hydrogen) atoms. The Labute approximate surface area is 123 Å². The molecule has 1 aromatic rings. The Kier molecular flexibility index (Phi) is 4.35. The van der Waals surface area contributed by atoms with E-state index >= 15 is 0 Å². The van der Waals surface area contributed by atoms with Crippen LogP contribution in [-0.2, 0) is 22.5 Å². The number of fused-ring (bicyclic) bond motifs is 1. The van der Waals surface area contributed by atoms with Crippen molar-refractivity contribution in [3.05, 3.63) is 21.9 Å². The van der Waals surface area contributed by atoms with Gasteiger partial charge in [-0.2, -0.15) is 0 Å². The summed E-state index contributed by atoms with van der Waals surface area (Å²) in [5.41, 5.74) is 6.95. The van der Waals surface area contributed by atoms with Crippen LogP contribution in [0.5, 0.6) is 0 Å². The third-order valence-electron chi connectivity index (χ3n) is 4.01. The summed E-state index contributed by atoms with van der Waals surface area (Å²) in [7, 11) is 0. The van der Waals surface area contributed by atoms with Crippen molar-refractivity contribution in [3.63, 3.8) is 0 Å². The fourth-order valence-electron chi connectivity index (χ4n) is 2.82. The van der Waals surface area contributed by atoms with Gasteiger partial charge in [-0.3, -0.25) is 9.69 Å². The van der Waals surface area contributed by atoms with E-state index in [0.717, 1.165) is 32.6 Å². The van der Waals surface area contributed by atoms with Crippen LogP contribution in [0.3, 0.4) is 0 Å². The van der Waals surface area contributed by atoms with E-state index in [9.17, 15) is 4.79 Å². The predicted molar refractivity (Wildman–Crippen MR) is 78.7 cm³/mol. The fourth-order valence-corrected chi connectivity index (χ4v) is 3.71. The van der Waals surface area contributed by atoms with Gasteiger partial charge in [-0.15, -0.1) is 11.3 Å². The second-order valence-electron chi connectivity index (χ2n) is 5.40. The Morgan fingerprint density at radius 2 is 2.40 bits per heavy atom. The lowest BCUT2D eigenvalue weighted by atomic mass is 10.1. The van der Waals surface area contributed by atoms with E-state index in [0.29, 0.717) is 19.7 Å². The molecule has 110 valence electrons. The molecule has 0 aromatic carbocycles. The van der Waals surface area contributed by atoms with E-state index in [1.54, 1.807) is 11.3 Å². The minimum atomic E-state index is 0.0707. The minimum Gasteiger partial charge on any atom is -0.374 e. The monoisotopic (exact) mass is 295 g/mol. The van der Waals surface area contributed by atoms with Crippen LogP contribution in [0.15, 0.2) is 11.4 Å². The first-order chi connectivity index (χ1) is 9.76. The van der Waals surface area contributed by atoms with Crippen LogP contribution >= 0.6 is 11.3 Å². The van der Waals surface area contributed by atoms with Crippen LogP contribution in [-0.4, -0.2) is 61.1 Å². The van der Waals surface area contributed by atoms with Gasteiger partial charge in [-0.25, -0.2) is 0 Å². The van der Waals surface area contributed by atoms with Gasteiger partial charge in [0.15, 0.2) is 0 Å². The highest BCUT2D eigenvalue weighted by atomic mass is 32.1. The van der Waals surface area contributed by atoms with Crippen molar-refractivity contribution in [2.75, 3.05) is 39.3 Å². The number of morpholine rings is 1. The number of thiophene rings is 1. The standard InChI is InChI=1S/C14H21N3O2S/c15-7-12-9-16(4-5-19-12)10-14(18)17-3-1-13-11(8-17)2-6-20-13/h2,6,12H,1,3-5,7-10,15H2. The predicted octanol–water partition coefficient (Wildman–Crippen LogP) is 0.292. The third kappa shape index (κ3) is 3.03. The van der Waals surface area contributed by atoms with E-state index in [1.807, 2.05) is 4.90 Å². The lowest BCUT2D eigenvalue weighted by molar-refractivity contribution is -0.135. The average molecular weight is 295 g/mol. The van der Waals surface area contributed by atoms with Gasteiger partial charge in [0.2, 0.25) is 5.91 Å². The van der Waals surface area contributed by atoms with Crippen molar-refractivity contribution in [2.45, 2.75) is 19.1 Å². The second-order valence-corrected chi connectivity index (χ2v) is 6.40. The van der Waals surface area contributed by atoms with Crippen molar-refractivity contribution in [3.8, 4) is 0 Å². The van der Waals surface area contributed by atoms with Crippen molar-refractivity contribution < 1.29 is 9.53 Å². The molecule has 1 aromatic heterocycles. The molecule has 6 heteroatoms. The zero-order chi connectivity index (χ0) is 13.9. The van der Waals surface area contributed by atoms with Crippen molar-refractivity contribution >= 4 is 17.2 Å². The quantitative estimate of drug-likeness (QED) is 0.871. The second kappa shape index (κ2) is 6.22. The smallest absolute Gasteiger partial charge is 0.237 e. The van der Waals surface area contributed by atoms with Gasteiger partial charge in [0.25, 0.3) is 0 Å². The summed E-state index contributed by atoms with van der Waals surface area (Å²) < 4.78 is 5.53. The summed E-state index contributed by atoms with van der Waals surface area (Å²) in [4.78, 5) is 18.0. The molecule has 1 saturated heterocycles. The molecule has 0 aliphatic carbocycles. The Morgan fingerprint density at radius 3 is 3.25 bits per heavy atom. The van der Waals surface area contributed by atoms with Crippen LogP contribution < -0.4 is 5.73 Å². The zero-order valence-corrected chi connectivity index (χ0v) is 12.4. The van der Waals surface area contributed by atoms with Gasteiger partial charge in [0, 0.05) is 37.6 Å². The molecule has 3 rings (SSSR count). The summed E-state index contributed by atoms with van der Waals surface area (Å²) >= 11 is 1.80. The van der Waals surface area contributed by atoms with Crippen molar-refractivity contribution in [1.82, 2.24) is 9.80 Å². The lowest BCUT2D eigenvalue weighted by Crippen LogP contribution is -2.50. The highest BCUT2D eigenvalue weighted by molar-refractivity contribution is 7.10. The average Bonchev–Trinajstić information content (AvgIpc) is 2.94. The van der Waals surface area contributed by atoms with Crippen LogP contribution in [0, 0.1) is 0 Å². The molecule has 1 unspecified atom stereocenters. The maximum atomic E-state index is 12.4. The summed E-state index contributed by atoms with van der Waals surface area (Å²) in [6.45, 7) is 4.87. The number of hydrogen-bond acceptors (Lipinski definition) is 5. The summed E-state index contributed by atoms with van der Waals surface area (Å²) in [6, 6.07) is 2.14. The number of hydrogen-bond donors (Lipinski definition) is 1. The lowest BCUT2D eigenvalue weighted by Gasteiger charge is -2.34. The van der Waals surface area contributed by atoms with Gasteiger partial charge < -0.3 is 15.4 Å². The van der Waals surface area contributed by atoms with Crippen molar-refractivity contribution in [1.29, 1.82) is 0 Å². The SMILES string of the molecule is NCC1CN(CC(=O)N2CCc3sccc3C2)CCO1. The van der Waals surface area contributed by atoms with Gasteiger partial charge in [-0.1, -0.05) is 0 Å². The maximum Gasteiger partial charge on any atom is 0.237 e. The molecule has 2 aliphatic heterocycles. The number of carbonyl (C=O) groups is 1. The van der Waals surface area contributed by atoms with Gasteiger partial charge in [0.1, 0.15) is 0 Å². The molecule has 0 saturated carbocycles. The highest BCUT2D eigenvalue weighted by Crippen LogP contribution is 2.24. The molecule has 0 spiro atoms. The molecule has 3 heterocycles. The van der Waals surface area contributed by atoms with E-state index in [1.165, 1.54) is 10.4 Å². The first-order valence-electron chi connectivity index (χ1n) is 7.13. The number of nitrogens with zero attached hydrogens (tertiary/aromatic N) is 2. The molecular formula is C14H21N3O2S. The molecule has 1 amide bonds. The van der Waals surface area contributed by atoms with Crippen LogP contribution in [0.25, 0.3) is 0 Å². The van der Waals surface area contributed by atoms with Gasteiger partial charge in [0.05, 0.1) is 19.3 Å². The summed E-state index contributed by atoms with van der Waals surface area (Å²) in [5.74, 6) is 0.222.